The van der Waals surface area contributed by atoms with E-state index in [1.807, 2.05) is 5.98 Å². The standard InChI is InChI=1S/C2H4BNO/c1-2-5-4-3-1/h1-4H. The van der Waals surface area contributed by atoms with Gasteiger partial charge in [-0.25, -0.2) is 5.39 Å². The summed E-state index contributed by atoms with van der Waals surface area (Å²) in [5, 5.41) is 2.61. The second-order valence-corrected chi connectivity index (χ2v) is 0.838. The average molecular weight is 68.9 g/mol. The van der Waals surface area contributed by atoms with Crippen LogP contribution in [0, 0.1) is 0 Å². The maximum atomic E-state index is 4.51. The van der Waals surface area contributed by atoms with Crippen LogP contribution < -0.4 is 5.39 Å². The lowest BCUT2D eigenvalue weighted by Crippen LogP contribution is -2.06. The molecule has 0 bridgehead atoms. The summed E-state index contributed by atoms with van der Waals surface area (Å²) in [5.41, 5.74) is 0. The highest BCUT2D eigenvalue weighted by atomic mass is 16.6. The van der Waals surface area contributed by atoms with Gasteiger partial charge in [-0.1, -0.05) is 5.98 Å². The van der Waals surface area contributed by atoms with Gasteiger partial charge in [-0.05, 0) is 0 Å². The first kappa shape index (κ1) is 2.78. The van der Waals surface area contributed by atoms with Gasteiger partial charge >= 0.3 is 0 Å². The molecular weight excluding hydrogens is 64.8 g/mol. The van der Waals surface area contributed by atoms with Crippen LogP contribution in [0.1, 0.15) is 0 Å². The van der Waals surface area contributed by atoms with Crippen molar-refractivity contribution in [3.63, 3.8) is 0 Å². The monoisotopic (exact) mass is 69.0 g/mol. The van der Waals surface area contributed by atoms with Crippen molar-refractivity contribution in [3.8, 4) is 0 Å². The first-order chi connectivity index (χ1) is 2.50. The van der Waals surface area contributed by atoms with Crippen LogP contribution in [-0.2, 0) is 4.84 Å². The van der Waals surface area contributed by atoms with Crippen molar-refractivity contribution in [2.45, 2.75) is 0 Å². The number of nitrogens with one attached hydrogen (secondary N) is 1. The summed E-state index contributed by atoms with van der Waals surface area (Å²) < 4.78 is 0. The third kappa shape index (κ3) is 0.419. The molecule has 0 atom stereocenters. The number of hydrogen-bond donors (Lipinski definition) is 1. The topological polar surface area (TPSA) is 21.3 Å². The summed E-state index contributed by atoms with van der Waals surface area (Å²) in [6.07, 6.45) is 1.62. The van der Waals surface area contributed by atoms with Gasteiger partial charge in [0.15, 0.2) is 0 Å². The van der Waals surface area contributed by atoms with Gasteiger partial charge in [0.1, 0.15) is 0 Å². The minimum atomic E-state index is 0.847. The molecule has 5 heavy (non-hydrogen) atoms. The summed E-state index contributed by atoms with van der Waals surface area (Å²) >= 11 is 0. The molecule has 0 aromatic heterocycles. The second kappa shape index (κ2) is 1.13. The van der Waals surface area contributed by atoms with Crippen molar-refractivity contribution in [2.75, 3.05) is 0 Å². The van der Waals surface area contributed by atoms with E-state index in [9.17, 15) is 0 Å². The molecule has 0 aromatic carbocycles. The smallest absolute Gasteiger partial charge is 0.277 e. The van der Waals surface area contributed by atoms with E-state index in [1.54, 1.807) is 6.26 Å². The summed E-state index contributed by atoms with van der Waals surface area (Å²) in [6, 6.07) is 0. The van der Waals surface area contributed by atoms with E-state index in [0.29, 0.717) is 0 Å². The van der Waals surface area contributed by atoms with E-state index >= 15 is 0 Å². The molecule has 0 spiro atoms. The summed E-state index contributed by atoms with van der Waals surface area (Å²) in [6.45, 7) is 0. The Morgan fingerprint density at radius 1 is 1.80 bits per heavy atom. The maximum absolute atomic E-state index is 4.51. The van der Waals surface area contributed by atoms with Crippen LogP contribution in [0.2, 0.25) is 0 Å². The van der Waals surface area contributed by atoms with Crippen LogP contribution in [0.3, 0.4) is 0 Å². The SMILES string of the molecule is B1C=CON1. The zero-order valence-electron chi connectivity index (χ0n) is 2.77. The molecule has 0 saturated heterocycles. The van der Waals surface area contributed by atoms with Crippen LogP contribution in [0.15, 0.2) is 12.2 Å². The van der Waals surface area contributed by atoms with Gasteiger partial charge in [-0.3, -0.25) is 0 Å². The van der Waals surface area contributed by atoms with Crippen molar-refractivity contribution >= 4 is 7.41 Å². The third-order valence-electron chi connectivity index (χ3n) is 0.449. The summed E-state index contributed by atoms with van der Waals surface area (Å²) in [4.78, 5) is 4.51. The Bertz CT molecular complexity index is 47.6. The highest BCUT2D eigenvalue weighted by molar-refractivity contribution is 6.39. The molecule has 1 heterocycles. The largest absolute Gasteiger partial charge is 0.429 e. The zero-order valence-corrected chi connectivity index (χ0v) is 2.77. The van der Waals surface area contributed by atoms with E-state index in [4.69, 9.17) is 0 Å². The van der Waals surface area contributed by atoms with Crippen LogP contribution in [0.5, 0.6) is 0 Å². The van der Waals surface area contributed by atoms with Gasteiger partial charge < -0.3 is 4.84 Å². The van der Waals surface area contributed by atoms with E-state index in [0.717, 1.165) is 7.41 Å². The third-order valence-corrected chi connectivity index (χ3v) is 0.449. The van der Waals surface area contributed by atoms with Crippen LogP contribution >= 0.6 is 0 Å². The molecule has 26 valence electrons. The Kier molecular flexibility index (Phi) is 0.627. The van der Waals surface area contributed by atoms with Crippen LogP contribution in [0.25, 0.3) is 0 Å². The normalized spacial score (nSPS) is 17.6. The zero-order chi connectivity index (χ0) is 3.54. The number of hydrogen-bond acceptors (Lipinski definition) is 2. The molecule has 0 fully saturated rings. The molecule has 1 rings (SSSR count). The van der Waals surface area contributed by atoms with Gasteiger partial charge in [-0.15, -0.1) is 0 Å². The Morgan fingerprint density at radius 3 is 3.00 bits per heavy atom. The highest BCUT2D eigenvalue weighted by Gasteiger charge is 1.86. The van der Waals surface area contributed by atoms with Crippen molar-refractivity contribution in [2.24, 2.45) is 0 Å². The van der Waals surface area contributed by atoms with Crippen molar-refractivity contribution < 1.29 is 4.84 Å². The molecule has 1 aliphatic heterocycles. The average Bonchev–Trinajstić information content (AvgIpc) is 1.76. The number of rotatable bonds is 0. The molecule has 3 heteroatoms. The van der Waals surface area contributed by atoms with Crippen LogP contribution in [-0.4, -0.2) is 7.41 Å². The van der Waals surface area contributed by atoms with E-state index < -0.39 is 0 Å². The van der Waals surface area contributed by atoms with Gasteiger partial charge in [0.05, 0.1) is 6.26 Å². The molecular formula is C2H4BNO. The lowest BCUT2D eigenvalue weighted by Gasteiger charge is -1.82. The van der Waals surface area contributed by atoms with E-state index in [2.05, 4.69) is 10.2 Å². The lowest BCUT2D eigenvalue weighted by molar-refractivity contribution is 0.215. The lowest BCUT2D eigenvalue weighted by atomic mass is 10.00. The molecule has 1 aliphatic rings. The maximum Gasteiger partial charge on any atom is 0.277 e. The fraction of sp³-hybridized carbons (Fsp3) is 0. The fourth-order valence-corrected chi connectivity index (χ4v) is 0.241. The molecule has 0 unspecified atom stereocenters. The molecule has 0 amide bonds. The molecule has 1 N–H and O–H groups in total. The molecule has 0 saturated carbocycles. The van der Waals surface area contributed by atoms with E-state index in [1.165, 1.54) is 0 Å². The Morgan fingerprint density at radius 2 is 2.80 bits per heavy atom. The van der Waals surface area contributed by atoms with Gasteiger partial charge in [0.25, 0.3) is 7.41 Å². The molecule has 0 aliphatic carbocycles. The summed E-state index contributed by atoms with van der Waals surface area (Å²) in [5.74, 6) is 1.90. The second-order valence-electron chi connectivity index (χ2n) is 0.838. The van der Waals surface area contributed by atoms with Gasteiger partial charge in [-0.2, -0.15) is 0 Å². The summed E-state index contributed by atoms with van der Waals surface area (Å²) in [7, 11) is 0.847. The predicted octanol–water partition coefficient (Wildman–Crippen LogP) is -0.656. The van der Waals surface area contributed by atoms with E-state index in [-0.39, 0.29) is 0 Å². The minimum Gasteiger partial charge on any atom is -0.429 e. The Balaban J connectivity index is 2.32. The first-order valence-electron chi connectivity index (χ1n) is 1.53. The minimum absolute atomic E-state index is 0.847. The van der Waals surface area contributed by atoms with Crippen molar-refractivity contribution in [3.05, 3.63) is 12.2 Å². The Labute approximate surface area is 31.0 Å². The molecule has 0 radical (unpaired) electrons. The van der Waals surface area contributed by atoms with Crippen molar-refractivity contribution in [1.29, 1.82) is 0 Å². The highest BCUT2D eigenvalue weighted by Crippen LogP contribution is 1.74. The quantitative estimate of drug-likeness (QED) is 0.381. The fourth-order valence-electron chi connectivity index (χ4n) is 0.241. The van der Waals surface area contributed by atoms with Crippen molar-refractivity contribution in [1.82, 2.24) is 5.39 Å². The molecule has 0 aromatic rings. The first-order valence-corrected chi connectivity index (χ1v) is 1.53. The van der Waals surface area contributed by atoms with Crippen LogP contribution in [0.4, 0.5) is 0 Å². The van der Waals surface area contributed by atoms with Gasteiger partial charge in [0.2, 0.25) is 0 Å². The van der Waals surface area contributed by atoms with Gasteiger partial charge in [0, 0.05) is 0 Å². The predicted molar refractivity (Wildman–Crippen MR) is 20.5 cm³/mol. The molecule has 2 nitrogen and oxygen atoms in total. The Hall–Kier alpha value is -0.435.